The van der Waals surface area contributed by atoms with Crippen molar-refractivity contribution < 1.29 is 0 Å². The Kier molecular flexibility index (Phi) is 6.60. The highest BCUT2D eigenvalue weighted by Crippen LogP contribution is 2.02. The highest BCUT2D eigenvalue weighted by Gasteiger charge is 1.87. The Morgan fingerprint density at radius 2 is 1.73 bits per heavy atom. The highest BCUT2D eigenvalue weighted by molar-refractivity contribution is 7.16. The van der Waals surface area contributed by atoms with Gasteiger partial charge >= 0.3 is 0 Å². The molecule has 0 aromatic heterocycles. The zero-order chi connectivity index (χ0) is 7.23. The van der Waals surface area contributed by atoms with Crippen LogP contribution in [0.3, 0.4) is 0 Å². The van der Waals surface area contributed by atoms with E-state index in [2.05, 4.69) is 39.6 Å². The van der Waals surface area contributed by atoms with Crippen LogP contribution in [0.5, 0.6) is 0 Å². The topological polar surface area (TPSA) is 0 Å². The summed E-state index contributed by atoms with van der Waals surface area (Å²) in [6.45, 7) is 0. The van der Waals surface area contributed by atoms with Gasteiger partial charge in [-0.1, -0.05) is 30.3 Å². The fourth-order valence-corrected chi connectivity index (χ4v) is 1.15. The van der Waals surface area contributed by atoms with Crippen molar-refractivity contribution in [3.63, 3.8) is 0 Å². The maximum atomic E-state index is 2.75. The van der Waals surface area contributed by atoms with E-state index in [1.807, 2.05) is 0 Å². The first-order chi connectivity index (χ1) is 4.93. The van der Waals surface area contributed by atoms with Gasteiger partial charge in [0.1, 0.15) is 0 Å². The summed E-state index contributed by atoms with van der Waals surface area (Å²) in [6, 6.07) is 10.6. The van der Waals surface area contributed by atoms with E-state index in [-0.39, 0.29) is 12.4 Å². The molecule has 1 aromatic carbocycles. The maximum Gasteiger partial charge on any atom is -0.0276 e. The lowest BCUT2D eigenvalue weighted by atomic mass is 10.1. The lowest BCUT2D eigenvalue weighted by Gasteiger charge is -1.96. The summed E-state index contributed by atoms with van der Waals surface area (Å²) in [6.07, 6.45) is 3.69. The molecule has 0 aliphatic carbocycles. The quantitative estimate of drug-likeness (QED) is 0.640. The third kappa shape index (κ3) is 4.40. The Morgan fingerprint density at radius 3 is 2.27 bits per heavy atom. The molecule has 0 spiro atoms. The maximum absolute atomic E-state index is 2.75. The van der Waals surface area contributed by atoms with Gasteiger partial charge in [-0.2, -0.15) is 0 Å². The molecular formula is C9H14ClP. The van der Waals surface area contributed by atoms with Gasteiger partial charge in [0.05, 0.1) is 0 Å². The van der Waals surface area contributed by atoms with Crippen LogP contribution in [0, 0.1) is 0 Å². The van der Waals surface area contributed by atoms with E-state index >= 15 is 0 Å². The van der Waals surface area contributed by atoms with Crippen molar-refractivity contribution in [2.75, 3.05) is 6.16 Å². The number of benzene rings is 1. The summed E-state index contributed by atoms with van der Waals surface area (Å²) in [5, 5.41) is 0. The van der Waals surface area contributed by atoms with Gasteiger partial charge in [0.15, 0.2) is 0 Å². The summed E-state index contributed by atoms with van der Waals surface area (Å²) in [5.41, 5.74) is 1.45. The number of rotatable bonds is 3. The van der Waals surface area contributed by atoms with Crippen LogP contribution < -0.4 is 0 Å². The Bertz CT molecular complexity index is 174. The average Bonchev–Trinajstić information content (AvgIpc) is 2.03. The number of aryl methyl sites for hydroxylation is 1. The molecule has 0 fully saturated rings. The van der Waals surface area contributed by atoms with E-state index in [0.717, 1.165) is 0 Å². The smallest absolute Gasteiger partial charge is 0.0276 e. The average molecular weight is 189 g/mol. The molecule has 0 amide bonds. The molecule has 0 radical (unpaired) electrons. The third-order valence-electron chi connectivity index (χ3n) is 1.51. The van der Waals surface area contributed by atoms with Crippen LogP contribution in [0.1, 0.15) is 12.0 Å². The summed E-state index contributed by atoms with van der Waals surface area (Å²) in [7, 11) is 2.75. The molecule has 0 saturated carbocycles. The van der Waals surface area contributed by atoms with Gasteiger partial charge in [-0.15, -0.1) is 21.6 Å². The molecule has 0 saturated heterocycles. The Hall–Kier alpha value is -0.0600. The van der Waals surface area contributed by atoms with E-state index in [0.29, 0.717) is 0 Å². The number of halogens is 1. The van der Waals surface area contributed by atoms with Gasteiger partial charge in [-0.05, 0) is 24.6 Å². The number of hydrogen-bond acceptors (Lipinski definition) is 0. The standard InChI is InChI=1S/C9H13P.ClH/c10-8-4-7-9-5-2-1-3-6-9;/h1-3,5-6H,4,7-8,10H2;1H. The van der Waals surface area contributed by atoms with E-state index in [9.17, 15) is 0 Å². The molecule has 1 atom stereocenters. The molecule has 1 aromatic rings. The Morgan fingerprint density at radius 1 is 1.09 bits per heavy atom. The fraction of sp³-hybridized carbons (Fsp3) is 0.333. The van der Waals surface area contributed by atoms with Crippen molar-refractivity contribution in [2.45, 2.75) is 12.8 Å². The molecule has 11 heavy (non-hydrogen) atoms. The van der Waals surface area contributed by atoms with Gasteiger partial charge in [-0.3, -0.25) is 0 Å². The number of hydrogen-bond donors (Lipinski definition) is 0. The molecule has 0 aliphatic rings. The molecule has 0 heterocycles. The minimum Gasteiger partial charge on any atom is -0.147 e. The highest BCUT2D eigenvalue weighted by atomic mass is 35.5. The zero-order valence-electron chi connectivity index (χ0n) is 6.49. The summed E-state index contributed by atoms with van der Waals surface area (Å²) in [5.74, 6) is 0. The molecule has 0 N–H and O–H groups in total. The van der Waals surface area contributed by atoms with Crippen molar-refractivity contribution in [1.29, 1.82) is 0 Å². The fourth-order valence-electron chi connectivity index (χ4n) is 0.951. The van der Waals surface area contributed by atoms with Crippen LogP contribution in [0.15, 0.2) is 30.3 Å². The predicted molar refractivity (Wildman–Crippen MR) is 56.6 cm³/mol. The van der Waals surface area contributed by atoms with E-state index in [4.69, 9.17) is 0 Å². The van der Waals surface area contributed by atoms with Crippen molar-refractivity contribution >= 4 is 21.6 Å². The molecule has 1 rings (SSSR count). The van der Waals surface area contributed by atoms with Crippen LogP contribution in [0.4, 0.5) is 0 Å². The molecule has 0 bridgehead atoms. The monoisotopic (exact) mass is 188 g/mol. The summed E-state index contributed by atoms with van der Waals surface area (Å²) in [4.78, 5) is 0. The van der Waals surface area contributed by atoms with Crippen LogP contribution in [-0.4, -0.2) is 6.16 Å². The largest absolute Gasteiger partial charge is 0.147 e. The van der Waals surface area contributed by atoms with Gasteiger partial charge < -0.3 is 0 Å². The van der Waals surface area contributed by atoms with Crippen molar-refractivity contribution in [1.82, 2.24) is 0 Å². The normalized spacial score (nSPS) is 8.82. The Labute approximate surface area is 77.0 Å². The second kappa shape index (κ2) is 6.64. The van der Waals surface area contributed by atoms with Gasteiger partial charge in [0.25, 0.3) is 0 Å². The second-order valence-electron chi connectivity index (χ2n) is 2.38. The van der Waals surface area contributed by atoms with Crippen molar-refractivity contribution in [3.05, 3.63) is 35.9 Å². The van der Waals surface area contributed by atoms with Gasteiger partial charge in [0, 0.05) is 0 Å². The van der Waals surface area contributed by atoms with Crippen molar-refractivity contribution in [2.24, 2.45) is 0 Å². The minimum atomic E-state index is 0. The first-order valence-corrected chi connectivity index (χ1v) is 4.49. The van der Waals surface area contributed by atoms with Crippen LogP contribution in [0.2, 0.25) is 0 Å². The Balaban J connectivity index is 0.000001000. The van der Waals surface area contributed by atoms with E-state index < -0.39 is 0 Å². The lowest BCUT2D eigenvalue weighted by Crippen LogP contribution is -1.83. The van der Waals surface area contributed by atoms with Crippen molar-refractivity contribution in [3.8, 4) is 0 Å². The second-order valence-corrected chi connectivity index (χ2v) is 2.96. The van der Waals surface area contributed by atoms with E-state index in [1.165, 1.54) is 24.6 Å². The molecule has 62 valence electrons. The third-order valence-corrected chi connectivity index (χ3v) is 1.92. The first kappa shape index (κ1) is 10.9. The molecule has 1 unspecified atom stereocenters. The molecular weight excluding hydrogens is 175 g/mol. The van der Waals surface area contributed by atoms with E-state index in [1.54, 1.807) is 0 Å². The van der Waals surface area contributed by atoms with Gasteiger partial charge in [0.2, 0.25) is 0 Å². The van der Waals surface area contributed by atoms with Crippen LogP contribution >= 0.6 is 21.6 Å². The minimum absolute atomic E-state index is 0. The summed E-state index contributed by atoms with van der Waals surface area (Å²) >= 11 is 0. The first-order valence-electron chi connectivity index (χ1n) is 3.67. The zero-order valence-corrected chi connectivity index (χ0v) is 8.46. The van der Waals surface area contributed by atoms with Crippen LogP contribution in [0.25, 0.3) is 0 Å². The molecule has 0 aliphatic heterocycles. The van der Waals surface area contributed by atoms with Gasteiger partial charge in [-0.25, -0.2) is 0 Å². The molecule has 2 heteroatoms. The lowest BCUT2D eigenvalue weighted by molar-refractivity contribution is 0.934. The molecule has 0 nitrogen and oxygen atoms in total. The SMILES string of the molecule is Cl.PCCCc1ccccc1. The predicted octanol–water partition coefficient (Wildman–Crippen LogP) is 2.92. The van der Waals surface area contributed by atoms with Crippen LogP contribution in [-0.2, 0) is 6.42 Å². The summed E-state index contributed by atoms with van der Waals surface area (Å²) < 4.78 is 0.